The van der Waals surface area contributed by atoms with E-state index in [0.717, 1.165) is 47.2 Å². The van der Waals surface area contributed by atoms with Crippen LogP contribution in [0.3, 0.4) is 0 Å². The molecule has 3 heterocycles. The van der Waals surface area contributed by atoms with Gasteiger partial charge >= 0.3 is 0 Å². The van der Waals surface area contributed by atoms with Crippen molar-refractivity contribution >= 4 is 17.6 Å². The van der Waals surface area contributed by atoms with Gasteiger partial charge in [0.25, 0.3) is 0 Å². The van der Waals surface area contributed by atoms with Gasteiger partial charge in [0.1, 0.15) is 11.5 Å². The summed E-state index contributed by atoms with van der Waals surface area (Å²) in [6.07, 6.45) is 4.67. The van der Waals surface area contributed by atoms with Crippen molar-refractivity contribution in [1.29, 1.82) is 0 Å². The van der Waals surface area contributed by atoms with E-state index in [-0.39, 0.29) is 0 Å². The fourth-order valence-corrected chi connectivity index (χ4v) is 3.25. The highest BCUT2D eigenvalue weighted by atomic mass is 32.2. The Labute approximate surface area is 115 Å². The van der Waals surface area contributed by atoms with Gasteiger partial charge in [-0.3, -0.25) is 0 Å². The van der Waals surface area contributed by atoms with Gasteiger partial charge in [-0.1, -0.05) is 6.92 Å². The standard InChI is InChI=1S/C12H16N6S/c1-2-3-18-7-14-4-10(18)12-15-9-6-19-5-8(9)11(16-12)17-13/h4,7H,2-3,5-6,13H2,1H3,(H,15,16,17). The molecule has 0 saturated carbocycles. The third-order valence-electron chi connectivity index (χ3n) is 3.12. The number of rotatable bonds is 4. The number of hydrazine groups is 1. The lowest BCUT2D eigenvalue weighted by atomic mass is 10.2. The van der Waals surface area contributed by atoms with Crippen LogP contribution in [-0.4, -0.2) is 19.5 Å². The van der Waals surface area contributed by atoms with Gasteiger partial charge in [0.15, 0.2) is 5.82 Å². The Morgan fingerprint density at radius 1 is 1.42 bits per heavy atom. The molecular formula is C12H16N6S. The molecule has 3 rings (SSSR count). The van der Waals surface area contributed by atoms with Crippen molar-refractivity contribution in [3.05, 3.63) is 23.8 Å². The number of fused-ring (bicyclic) bond motifs is 1. The summed E-state index contributed by atoms with van der Waals surface area (Å²) >= 11 is 1.83. The van der Waals surface area contributed by atoms with Gasteiger partial charge in [-0.15, -0.1) is 0 Å². The number of nitrogen functional groups attached to an aromatic ring is 1. The number of imidazole rings is 1. The van der Waals surface area contributed by atoms with Gasteiger partial charge in [-0.25, -0.2) is 20.8 Å². The van der Waals surface area contributed by atoms with Gasteiger partial charge in [0.2, 0.25) is 0 Å². The highest BCUT2D eigenvalue weighted by Crippen LogP contribution is 2.33. The zero-order valence-electron chi connectivity index (χ0n) is 10.8. The largest absolute Gasteiger partial charge is 0.328 e. The third-order valence-corrected chi connectivity index (χ3v) is 4.09. The van der Waals surface area contributed by atoms with Crippen molar-refractivity contribution in [2.75, 3.05) is 5.43 Å². The molecular weight excluding hydrogens is 260 g/mol. The molecule has 0 aromatic carbocycles. The number of thioether (sulfide) groups is 1. The lowest BCUT2D eigenvalue weighted by Gasteiger charge is -2.10. The third kappa shape index (κ3) is 2.19. The zero-order valence-corrected chi connectivity index (χ0v) is 11.6. The molecule has 0 amide bonds. The molecule has 0 unspecified atom stereocenters. The van der Waals surface area contributed by atoms with E-state index in [0.29, 0.717) is 5.82 Å². The Bertz CT molecular complexity index is 594. The summed E-state index contributed by atoms with van der Waals surface area (Å²) in [6, 6.07) is 0. The van der Waals surface area contributed by atoms with E-state index in [2.05, 4.69) is 31.9 Å². The number of aromatic nitrogens is 4. The van der Waals surface area contributed by atoms with Crippen molar-refractivity contribution < 1.29 is 0 Å². The minimum absolute atomic E-state index is 0.695. The average Bonchev–Trinajstić information content (AvgIpc) is 3.06. The molecule has 0 atom stereocenters. The van der Waals surface area contributed by atoms with Gasteiger partial charge in [0.05, 0.1) is 18.2 Å². The topological polar surface area (TPSA) is 81.7 Å². The molecule has 100 valence electrons. The monoisotopic (exact) mass is 276 g/mol. The number of hydrogen-bond acceptors (Lipinski definition) is 6. The minimum Gasteiger partial charge on any atom is -0.328 e. The van der Waals surface area contributed by atoms with E-state index < -0.39 is 0 Å². The minimum atomic E-state index is 0.695. The lowest BCUT2D eigenvalue weighted by Crippen LogP contribution is -2.13. The molecule has 0 aliphatic carbocycles. The summed E-state index contributed by atoms with van der Waals surface area (Å²) in [5.74, 6) is 8.83. The Hall–Kier alpha value is -1.60. The first-order valence-electron chi connectivity index (χ1n) is 6.28. The van der Waals surface area contributed by atoms with Crippen LogP contribution in [0, 0.1) is 0 Å². The van der Waals surface area contributed by atoms with Crippen LogP contribution in [0.2, 0.25) is 0 Å². The highest BCUT2D eigenvalue weighted by Gasteiger charge is 2.21. The molecule has 1 aliphatic heterocycles. The number of anilines is 1. The highest BCUT2D eigenvalue weighted by molar-refractivity contribution is 7.98. The first-order valence-corrected chi connectivity index (χ1v) is 7.43. The summed E-state index contributed by atoms with van der Waals surface area (Å²) in [5, 5.41) is 0. The van der Waals surface area contributed by atoms with Crippen molar-refractivity contribution in [3.8, 4) is 11.5 Å². The number of nitrogens with zero attached hydrogens (tertiary/aromatic N) is 4. The van der Waals surface area contributed by atoms with Gasteiger partial charge in [0, 0.05) is 23.6 Å². The smallest absolute Gasteiger partial charge is 0.180 e. The van der Waals surface area contributed by atoms with E-state index in [4.69, 9.17) is 5.84 Å². The van der Waals surface area contributed by atoms with E-state index >= 15 is 0 Å². The van der Waals surface area contributed by atoms with Crippen LogP contribution in [0.25, 0.3) is 11.5 Å². The second-order valence-corrected chi connectivity index (χ2v) is 5.42. The van der Waals surface area contributed by atoms with E-state index in [9.17, 15) is 0 Å². The number of aryl methyl sites for hydroxylation is 1. The second kappa shape index (κ2) is 5.18. The quantitative estimate of drug-likeness (QED) is 0.654. The molecule has 0 spiro atoms. The van der Waals surface area contributed by atoms with Crippen LogP contribution in [0.5, 0.6) is 0 Å². The van der Waals surface area contributed by atoms with E-state index in [1.54, 1.807) is 6.20 Å². The maximum atomic E-state index is 5.57. The van der Waals surface area contributed by atoms with E-state index in [1.165, 1.54) is 0 Å². The average molecular weight is 276 g/mol. The SMILES string of the molecule is CCCn1cncc1-c1nc2c(c(NN)n1)CSC2. The molecule has 0 radical (unpaired) electrons. The van der Waals surface area contributed by atoms with Crippen molar-refractivity contribution in [2.45, 2.75) is 31.4 Å². The van der Waals surface area contributed by atoms with Crippen LogP contribution in [0.15, 0.2) is 12.5 Å². The van der Waals surface area contributed by atoms with Crippen LogP contribution in [0.4, 0.5) is 5.82 Å². The molecule has 7 heteroatoms. The molecule has 2 aromatic rings. The summed E-state index contributed by atoms with van der Waals surface area (Å²) in [5.41, 5.74) is 5.83. The van der Waals surface area contributed by atoms with Crippen molar-refractivity contribution in [3.63, 3.8) is 0 Å². The van der Waals surface area contributed by atoms with Crippen molar-refractivity contribution in [2.24, 2.45) is 5.84 Å². The van der Waals surface area contributed by atoms with Crippen LogP contribution in [0.1, 0.15) is 24.6 Å². The molecule has 6 nitrogen and oxygen atoms in total. The number of nitrogens with two attached hydrogens (primary N) is 1. The molecule has 0 saturated heterocycles. The predicted octanol–water partition coefficient (Wildman–Crippen LogP) is 1.78. The van der Waals surface area contributed by atoms with Crippen LogP contribution < -0.4 is 11.3 Å². The zero-order chi connectivity index (χ0) is 13.2. The number of hydrogen-bond donors (Lipinski definition) is 2. The second-order valence-electron chi connectivity index (χ2n) is 4.43. The Balaban J connectivity index is 2.08. The summed E-state index contributed by atoms with van der Waals surface area (Å²) < 4.78 is 2.07. The van der Waals surface area contributed by atoms with E-state index in [1.807, 2.05) is 18.1 Å². The Morgan fingerprint density at radius 3 is 3.11 bits per heavy atom. The first-order chi connectivity index (χ1) is 9.33. The van der Waals surface area contributed by atoms with Gasteiger partial charge in [-0.2, -0.15) is 11.8 Å². The molecule has 3 N–H and O–H groups in total. The maximum Gasteiger partial charge on any atom is 0.180 e. The Morgan fingerprint density at radius 2 is 2.32 bits per heavy atom. The van der Waals surface area contributed by atoms with Crippen LogP contribution in [-0.2, 0) is 18.1 Å². The lowest BCUT2D eigenvalue weighted by molar-refractivity contribution is 0.681. The fourth-order valence-electron chi connectivity index (χ4n) is 2.21. The van der Waals surface area contributed by atoms with Gasteiger partial charge in [-0.05, 0) is 6.42 Å². The van der Waals surface area contributed by atoms with Gasteiger partial charge < -0.3 is 9.99 Å². The summed E-state index contributed by atoms with van der Waals surface area (Å²) in [6.45, 7) is 3.05. The normalized spacial score (nSPS) is 13.6. The predicted molar refractivity (Wildman–Crippen MR) is 76.4 cm³/mol. The molecule has 2 aromatic heterocycles. The summed E-state index contributed by atoms with van der Waals surface area (Å²) in [4.78, 5) is 13.4. The molecule has 19 heavy (non-hydrogen) atoms. The Kier molecular flexibility index (Phi) is 3.39. The molecule has 1 aliphatic rings. The summed E-state index contributed by atoms with van der Waals surface area (Å²) in [7, 11) is 0. The molecule has 0 bridgehead atoms. The first kappa shape index (κ1) is 12.4. The number of nitrogens with one attached hydrogen (secondary N) is 1. The fraction of sp³-hybridized carbons (Fsp3) is 0.417. The van der Waals surface area contributed by atoms with Crippen molar-refractivity contribution in [1.82, 2.24) is 19.5 Å². The maximum absolute atomic E-state index is 5.57. The van der Waals surface area contributed by atoms with Crippen LogP contribution >= 0.6 is 11.8 Å². The molecule has 0 fully saturated rings.